The van der Waals surface area contributed by atoms with E-state index in [1.54, 1.807) is 0 Å². The highest BCUT2D eigenvalue weighted by atomic mass is 16.5. The first-order chi connectivity index (χ1) is 30.8. The van der Waals surface area contributed by atoms with Gasteiger partial charge in [0.1, 0.15) is 24.4 Å². The number of unbranched alkanes of at least 4 members (excludes halogenated alkanes) is 33. The Balaban J connectivity index is 2.24. The maximum Gasteiger partial charge on any atom is 0.220 e. The Kier molecular flexibility index (Phi) is 41.4. The number of hydrogen-bond acceptors (Lipinski definition) is 8. The molecule has 1 fully saturated rings. The number of carbonyl (C=O) groups is 1. The summed E-state index contributed by atoms with van der Waals surface area (Å²) in [4.78, 5) is 13.1. The van der Waals surface area contributed by atoms with Crippen LogP contribution in [0.25, 0.3) is 0 Å². The molecule has 374 valence electrons. The molecule has 1 rings (SSSR count). The minimum absolute atomic E-state index is 0.156. The number of aliphatic hydroxyl groups is 6. The van der Waals surface area contributed by atoms with Crippen molar-refractivity contribution in [3.8, 4) is 0 Å². The van der Waals surface area contributed by atoms with Crippen LogP contribution in [0.5, 0.6) is 0 Å². The number of hydrogen-bond donors (Lipinski definition) is 7. The monoisotopic (exact) mass is 896 g/mol. The zero-order chi connectivity index (χ0) is 46.0. The van der Waals surface area contributed by atoms with Crippen LogP contribution < -0.4 is 5.32 Å². The minimum Gasteiger partial charge on any atom is -0.394 e. The molecule has 63 heavy (non-hydrogen) atoms. The lowest BCUT2D eigenvalue weighted by atomic mass is 9.90. The van der Waals surface area contributed by atoms with Gasteiger partial charge >= 0.3 is 0 Å². The maximum absolute atomic E-state index is 13.1. The molecule has 0 aromatic carbocycles. The molecule has 9 heteroatoms. The van der Waals surface area contributed by atoms with Crippen molar-refractivity contribution in [2.24, 2.45) is 0 Å². The summed E-state index contributed by atoms with van der Waals surface area (Å²) in [6.45, 7) is 4.02. The van der Waals surface area contributed by atoms with Crippen LogP contribution in [-0.4, -0.2) is 91.9 Å². The lowest BCUT2D eigenvalue weighted by molar-refractivity contribution is -0.231. The SMILES string of the molecule is CCCCCCCCCCCCCCCCCCC=CCCCCCCCCC(=O)N[C@@H](CC[C@H]1OC(CO)[C@H](O)[C@H](O)C1O)[C@H](O)[C@H](O)CCCCCCCCCCCCCC. The average molecular weight is 896 g/mol. The highest BCUT2D eigenvalue weighted by Gasteiger charge is 2.43. The van der Waals surface area contributed by atoms with E-state index in [0.29, 0.717) is 12.8 Å². The third kappa shape index (κ3) is 33.1. The molecular weight excluding hydrogens is 791 g/mol. The number of allylic oxidation sites excluding steroid dienone is 2. The quantitative estimate of drug-likeness (QED) is 0.0235. The summed E-state index contributed by atoms with van der Waals surface area (Å²) in [5, 5.41) is 65.9. The van der Waals surface area contributed by atoms with Gasteiger partial charge in [-0.25, -0.2) is 0 Å². The first-order valence-electron chi connectivity index (χ1n) is 27.4. The normalized spacial score (nSPS) is 20.7. The summed E-state index contributed by atoms with van der Waals surface area (Å²) in [5.74, 6) is -0.181. The fourth-order valence-electron chi connectivity index (χ4n) is 9.30. The lowest BCUT2D eigenvalue weighted by Gasteiger charge is -2.40. The van der Waals surface area contributed by atoms with Gasteiger partial charge in [-0.05, 0) is 51.4 Å². The molecule has 9 nitrogen and oxygen atoms in total. The second-order valence-electron chi connectivity index (χ2n) is 19.6. The molecule has 1 saturated heterocycles. The van der Waals surface area contributed by atoms with Gasteiger partial charge in [0, 0.05) is 6.42 Å². The summed E-state index contributed by atoms with van der Waals surface area (Å²) in [6, 6.07) is -0.769. The molecule has 0 aromatic heterocycles. The molecule has 1 heterocycles. The first kappa shape index (κ1) is 59.9. The number of rotatable bonds is 46. The van der Waals surface area contributed by atoms with Gasteiger partial charge in [0.25, 0.3) is 0 Å². The van der Waals surface area contributed by atoms with Crippen LogP contribution in [0.4, 0.5) is 0 Å². The predicted octanol–water partition coefficient (Wildman–Crippen LogP) is 12.2. The Hall–Kier alpha value is -1.07. The van der Waals surface area contributed by atoms with Crippen LogP contribution in [0.3, 0.4) is 0 Å². The number of amides is 1. The Labute approximate surface area is 388 Å². The molecule has 0 aromatic rings. The molecule has 8 atom stereocenters. The Bertz CT molecular complexity index is 1010. The number of aliphatic hydroxyl groups excluding tert-OH is 6. The molecule has 2 unspecified atom stereocenters. The molecule has 7 N–H and O–H groups in total. The fourth-order valence-corrected chi connectivity index (χ4v) is 9.30. The van der Waals surface area contributed by atoms with Crippen molar-refractivity contribution in [2.45, 2.75) is 319 Å². The predicted molar refractivity (Wildman–Crippen MR) is 263 cm³/mol. The molecule has 0 aliphatic carbocycles. The van der Waals surface area contributed by atoms with E-state index in [0.717, 1.165) is 51.4 Å². The maximum atomic E-state index is 13.1. The van der Waals surface area contributed by atoms with Crippen LogP contribution >= 0.6 is 0 Å². The van der Waals surface area contributed by atoms with Gasteiger partial charge in [-0.3, -0.25) is 4.79 Å². The average Bonchev–Trinajstić information content (AvgIpc) is 3.28. The molecule has 1 aliphatic rings. The van der Waals surface area contributed by atoms with Crippen molar-refractivity contribution in [3.05, 3.63) is 12.2 Å². The van der Waals surface area contributed by atoms with Crippen molar-refractivity contribution in [2.75, 3.05) is 6.61 Å². The van der Waals surface area contributed by atoms with Gasteiger partial charge in [-0.2, -0.15) is 0 Å². The van der Waals surface area contributed by atoms with Crippen molar-refractivity contribution >= 4 is 5.91 Å². The summed E-state index contributed by atoms with van der Waals surface area (Å²) < 4.78 is 5.69. The van der Waals surface area contributed by atoms with Crippen LogP contribution in [0.1, 0.15) is 271 Å². The summed E-state index contributed by atoms with van der Waals surface area (Å²) in [7, 11) is 0. The number of nitrogens with one attached hydrogen (secondary N) is 1. The van der Waals surface area contributed by atoms with Gasteiger partial charge in [0.05, 0.1) is 31.0 Å². The molecule has 0 radical (unpaired) electrons. The molecule has 0 bridgehead atoms. The number of ether oxygens (including phenoxy) is 1. The van der Waals surface area contributed by atoms with Crippen LogP contribution in [0.15, 0.2) is 12.2 Å². The van der Waals surface area contributed by atoms with E-state index in [1.165, 1.54) is 180 Å². The van der Waals surface area contributed by atoms with Crippen molar-refractivity contribution in [1.82, 2.24) is 5.32 Å². The van der Waals surface area contributed by atoms with Gasteiger partial charge in [0.15, 0.2) is 0 Å². The third-order valence-electron chi connectivity index (χ3n) is 13.7. The smallest absolute Gasteiger partial charge is 0.220 e. The van der Waals surface area contributed by atoms with Gasteiger partial charge in [-0.15, -0.1) is 0 Å². The van der Waals surface area contributed by atoms with Gasteiger partial charge in [-0.1, -0.05) is 225 Å². The van der Waals surface area contributed by atoms with Gasteiger partial charge in [0.2, 0.25) is 5.91 Å². The fraction of sp³-hybridized carbons (Fsp3) is 0.944. The van der Waals surface area contributed by atoms with E-state index in [4.69, 9.17) is 4.74 Å². The Morgan fingerprint density at radius 2 is 0.857 bits per heavy atom. The van der Waals surface area contributed by atoms with Crippen LogP contribution in [-0.2, 0) is 9.53 Å². The second-order valence-corrected chi connectivity index (χ2v) is 19.6. The van der Waals surface area contributed by atoms with E-state index >= 15 is 0 Å². The second kappa shape index (κ2) is 43.5. The lowest BCUT2D eigenvalue weighted by Crippen LogP contribution is -2.59. The van der Waals surface area contributed by atoms with Crippen LogP contribution in [0.2, 0.25) is 0 Å². The number of carbonyl (C=O) groups excluding carboxylic acids is 1. The molecule has 1 amide bonds. The molecule has 0 saturated carbocycles. The standard InChI is InChI=1S/C54H105NO8/c1-3-5-7-9-11-13-15-17-18-19-20-21-22-23-24-25-26-27-28-29-30-32-34-36-38-40-42-50(58)55-46(43-44-48-52(60)54(62)53(61)49(45-56)63-48)51(59)47(57)41-39-37-35-33-31-16-14-12-10-8-6-4-2/h27-28,46-49,51-54,56-57,59-62H,3-26,29-45H2,1-2H3,(H,55,58)/t46-,47+,48+,49?,51-,52?,53-,54+/m0/s1. The molecule has 0 spiro atoms. The zero-order valence-corrected chi connectivity index (χ0v) is 41.3. The largest absolute Gasteiger partial charge is 0.394 e. The van der Waals surface area contributed by atoms with E-state index in [9.17, 15) is 35.4 Å². The summed E-state index contributed by atoms with van der Waals surface area (Å²) in [5.41, 5.74) is 0. The Morgan fingerprint density at radius 3 is 1.27 bits per heavy atom. The van der Waals surface area contributed by atoms with E-state index < -0.39 is 55.4 Å². The molecular formula is C54H105NO8. The zero-order valence-electron chi connectivity index (χ0n) is 41.3. The molecule has 1 aliphatic heterocycles. The Morgan fingerprint density at radius 1 is 0.492 bits per heavy atom. The third-order valence-corrected chi connectivity index (χ3v) is 13.7. The van der Waals surface area contributed by atoms with E-state index in [-0.39, 0.29) is 18.7 Å². The van der Waals surface area contributed by atoms with E-state index in [2.05, 4.69) is 31.3 Å². The topological polar surface area (TPSA) is 160 Å². The highest BCUT2D eigenvalue weighted by molar-refractivity contribution is 5.76. The first-order valence-corrected chi connectivity index (χ1v) is 27.4. The van der Waals surface area contributed by atoms with E-state index in [1.807, 2.05) is 0 Å². The van der Waals surface area contributed by atoms with Crippen molar-refractivity contribution in [1.29, 1.82) is 0 Å². The van der Waals surface area contributed by atoms with Crippen LogP contribution in [0, 0.1) is 0 Å². The highest BCUT2D eigenvalue weighted by Crippen LogP contribution is 2.26. The van der Waals surface area contributed by atoms with Crippen molar-refractivity contribution in [3.63, 3.8) is 0 Å². The minimum atomic E-state index is -1.48. The van der Waals surface area contributed by atoms with Crippen molar-refractivity contribution < 1.29 is 40.2 Å². The van der Waals surface area contributed by atoms with Gasteiger partial charge < -0.3 is 40.7 Å². The summed E-state index contributed by atoms with van der Waals surface area (Å²) >= 11 is 0. The summed E-state index contributed by atoms with van der Waals surface area (Å²) in [6.07, 6.45) is 43.1.